The van der Waals surface area contributed by atoms with Gasteiger partial charge in [0.15, 0.2) is 0 Å². The van der Waals surface area contributed by atoms with Crippen molar-refractivity contribution in [2.45, 2.75) is 0 Å². The molecule has 1 aromatic heterocycles. The van der Waals surface area contributed by atoms with Crippen LogP contribution >= 0.6 is 0 Å². The van der Waals surface area contributed by atoms with Crippen molar-refractivity contribution in [3.05, 3.63) is 86.7 Å². The lowest BCUT2D eigenvalue weighted by molar-refractivity contribution is -0.385. The first-order chi connectivity index (χ1) is 13.0. The third kappa shape index (κ3) is 4.45. The molecule has 0 amide bonds. The number of nitrogens with one attached hydrogen (secondary N) is 1. The fourth-order valence-electron chi connectivity index (χ4n) is 2.19. The van der Waals surface area contributed by atoms with Gasteiger partial charge in [0.2, 0.25) is 5.95 Å². The van der Waals surface area contributed by atoms with Gasteiger partial charge in [-0.15, -0.1) is 0 Å². The van der Waals surface area contributed by atoms with Crippen molar-refractivity contribution in [3.8, 4) is 11.1 Å². The Balaban J connectivity index is 1.66. The highest BCUT2D eigenvalue weighted by Crippen LogP contribution is 2.21. The normalized spacial score (nSPS) is 10.7. The van der Waals surface area contributed by atoms with Crippen molar-refractivity contribution in [1.29, 1.82) is 0 Å². The van der Waals surface area contributed by atoms with Crippen LogP contribution in [0.1, 0.15) is 5.56 Å². The number of rotatable bonds is 6. The van der Waals surface area contributed by atoms with E-state index < -0.39 is 9.85 Å². The van der Waals surface area contributed by atoms with Gasteiger partial charge < -0.3 is 0 Å². The first kappa shape index (κ1) is 17.6. The highest BCUT2D eigenvalue weighted by Gasteiger charge is 2.06. The lowest BCUT2D eigenvalue weighted by Gasteiger charge is -2.02. The standard InChI is InChI=1S/C17H12N6O4/c24-22(25)15-6-4-13(5-7-15)14-10-18-17(19-11-14)21-20-9-12-2-1-3-16(8-12)23(26)27/h1-11H,(H,18,19,21)/b20-9+. The predicted molar refractivity (Wildman–Crippen MR) is 98.4 cm³/mol. The van der Waals surface area contributed by atoms with Crippen molar-refractivity contribution in [2.24, 2.45) is 5.10 Å². The van der Waals surface area contributed by atoms with Crippen LogP contribution in [0, 0.1) is 20.2 Å². The molecule has 2 aromatic carbocycles. The van der Waals surface area contributed by atoms with E-state index in [0.717, 1.165) is 5.56 Å². The molecule has 10 nitrogen and oxygen atoms in total. The third-order valence-corrected chi connectivity index (χ3v) is 3.52. The van der Waals surface area contributed by atoms with Crippen molar-refractivity contribution in [1.82, 2.24) is 9.97 Å². The molecule has 3 rings (SSSR count). The number of hydrogen-bond acceptors (Lipinski definition) is 8. The monoisotopic (exact) mass is 364 g/mol. The second kappa shape index (κ2) is 7.78. The zero-order valence-corrected chi connectivity index (χ0v) is 13.7. The Kier molecular flexibility index (Phi) is 5.07. The molecule has 0 saturated heterocycles. The summed E-state index contributed by atoms with van der Waals surface area (Å²) in [6.45, 7) is 0. The molecule has 0 spiro atoms. The number of nitro benzene ring substituents is 2. The van der Waals surface area contributed by atoms with Crippen LogP contribution in [0.2, 0.25) is 0 Å². The maximum atomic E-state index is 10.7. The van der Waals surface area contributed by atoms with Crippen molar-refractivity contribution in [3.63, 3.8) is 0 Å². The number of anilines is 1. The Bertz CT molecular complexity index is 1000. The largest absolute Gasteiger partial charge is 0.270 e. The van der Waals surface area contributed by atoms with E-state index in [1.807, 2.05) is 0 Å². The Morgan fingerprint density at radius 2 is 1.56 bits per heavy atom. The number of hydrogen-bond donors (Lipinski definition) is 1. The molecule has 0 aliphatic rings. The van der Waals surface area contributed by atoms with Crippen LogP contribution in [0.15, 0.2) is 66.0 Å². The molecule has 134 valence electrons. The maximum absolute atomic E-state index is 10.7. The number of aromatic nitrogens is 2. The van der Waals surface area contributed by atoms with E-state index in [1.165, 1.54) is 30.5 Å². The smallest absolute Gasteiger partial charge is 0.258 e. The fraction of sp³-hybridized carbons (Fsp3) is 0. The summed E-state index contributed by atoms with van der Waals surface area (Å²) >= 11 is 0. The summed E-state index contributed by atoms with van der Waals surface area (Å²) in [5.74, 6) is 0.238. The van der Waals surface area contributed by atoms with Gasteiger partial charge in [-0.25, -0.2) is 15.4 Å². The third-order valence-electron chi connectivity index (χ3n) is 3.52. The van der Waals surface area contributed by atoms with Crippen LogP contribution < -0.4 is 5.43 Å². The van der Waals surface area contributed by atoms with Crippen LogP contribution in [0.4, 0.5) is 17.3 Å². The molecule has 0 radical (unpaired) electrons. The van der Waals surface area contributed by atoms with E-state index in [9.17, 15) is 20.2 Å². The highest BCUT2D eigenvalue weighted by atomic mass is 16.6. The fourth-order valence-corrected chi connectivity index (χ4v) is 2.19. The highest BCUT2D eigenvalue weighted by molar-refractivity contribution is 5.81. The molecule has 0 bridgehead atoms. The van der Waals surface area contributed by atoms with Gasteiger partial charge >= 0.3 is 0 Å². The van der Waals surface area contributed by atoms with E-state index in [4.69, 9.17) is 0 Å². The number of nitro groups is 2. The minimum atomic E-state index is -0.481. The summed E-state index contributed by atoms with van der Waals surface area (Å²) in [6, 6.07) is 12.1. The zero-order valence-electron chi connectivity index (χ0n) is 13.7. The van der Waals surface area contributed by atoms with Gasteiger partial charge in [-0.1, -0.05) is 12.1 Å². The number of benzene rings is 2. The zero-order chi connectivity index (χ0) is 19.2. The van der Waals surface area contributed by atoms with Crippen molar-refractivity contribution >= 4 is 23.5 Å². The average molecular weight is 364 g/mol. The molecule has 0 unspecified atom stereocenters. The summed E-state index contributed by atoms with van der Waals surface area (Å²) in [5.41, 5.74) is 4.61. The molecule has 0 atom stereocenters. The molecule has 0 fully saturated rings. The molecule has 0 aliphatic carbocycles. The SMILES string of the molecule is O=[N+]([O-])c1ccc(-c2cnc(N/N=C/c3cccc([N+](=O)[O-])c3)nc2)cc1. The number of nitrogens with zero attached hydrogens (tertiary/aromatic N) is 5. The van der Waals surface area contributed by atoms with Crippen LogP contribution in [-0.4, -0.2) is 26.0 Å². The maximum Gasteiger partial charge on any atom is 0.270 e. The molecule has 3 aromatic rings. The van der Waals surface area contributed by atoms with E-state index in [0.29, 0.717) is 11.1 Å². The molecular formula is C17H12N6O4. The quantitative estimate of drug-likeness (QED) is 0.402. The van der Waals surface area contributed by atoms with E-state index in [2.05, 4.69) is 20.5 Å². The molecule has 0 saturated carbocycles. The van der Waals surface area contributed by atoms with Crippen LogP contribution in [0.3, 0.4) is 0 Å². The number of non-ortho nitro benzene ring substituents is 2. The van der Waals surface area contributed by atoms with Crippen molar-refractivity contribution < 1.29 is 9.85 Å². The Hall–Kier alpha value is -4.21. The van der Waals surface area contributed by atoms with E-state index >= 15 is 0 Å². The second-order valence-electron chi connectivity index (χ2n) is 5.32. The van der Waals surface area contributed by atoms with E-state index in [1.54, 1.807) is 36.7 Å². The minimum Gasteiger partial charge on any atom is -0.258 e. The van der Waals surface area contributed by atoms with Crippen LogP contribution in [0.5, 0.6) is 0 Å². The van der Waals surface area contributed by atoms with Crippen LogP contribution in [0.25, 0.3) is 11.1 Å². The lowest BCUT2D eigenvalue weighted by Crippen LogP contribution is -1.97. The first-order valence-corrected chi connectivity index (χ1v) is 7.63. The average Bonchev–Trinajstić information content (AvgIpc) is 2.69. The van der Waals surface area contributed by atoms with Crippen LogP contribution in [-0.2, 0) is 0 Å². The van der Waals surface area contributed by atoms with Gasteiger partial charge in [0.1, 0.15) is 0 Å². The summed E-state index contributed by atoms with van der Waals surface area (Å²) in [4.78, 5) is 28.7. The molecular weight excluding hydrogens is 352 g/mol. The van der Waals surface area contributed by atoms with Gasteiger partial charge in [0, 0.05) is 47.8 Å². The molecule has 10 heteroatoms. The Labute approximate surface area is 152 Å². The Morgan fingerprint density at radius 1 is 0.889 bits per heavy atom. The van der Waals surface area contributed by atoms with Gasteiger partial charge in [0.05, 0.1) is 16.1 Å². The minimum absolute atomic E-state index is 0.00782. The summed E-state index contributed by atoms with van der Waals surface area (Å²) in [7, 11) is 0. The molecule has 1 N–H and O–H groups in total. The van der Waals surface area contributed by atoms with Crippen molar-refractivity contribution in [2.75, 3.05) is 5.43 Å². The van der Waals surface area contributed by atoms with Gasteiger partial charge in [0.25, 0.3) is 11.4 Å². The molecule has 0 aliphatic heterocycles. The Morgan fingerprint density at radius 3 is 2.19 bits per heavy atom. The summed E-state index contributed by atoms with van der Waals surface area (Å²) in [6.07, 6.45) is 4.53. The summed E-state index contributed by atoms with van der Waals surface area (Å²) < 4.78 is 0. The predicted octanol–water partition coefficient (Wildman–Crippen LogP) is 3.41. The number of hydrazone groups is 1. The second-order valence-corrected chi connectivity index (χ2v) is 5.32. The first-order valence-electron chi connectivity index (χ1n) is 7.63. The van der Waals surface area contributed by atoms with Gasteiger partial charge in [-0.2, -0.15) is 5.10 Å². The lowest BCUT2D eigenvalue weighted by atomic mass is 10.1. The van der Waals surface area contributed by atoms with E-state index in [-0.39, 0.29) is 17.3 Å². The van der Waals surface area contributed by atoms with Gasteiger partial charge in [-0.3, -0.25) is 20.2 Å². The topological polar surface area (TPSA) is 136 Å². The molecule has 1 heterocycles. The molecule has 27 heavy (non-hydrogen) atoms. The summed E-state index contributed by atoms with van der Waals surface area (Å²) in [5, 5.41) is 25.4. The van der Waals surface area contributed by atoms with Gasteiger partial charge in [-0.05, 0) is 17.7 Å².